The van der Waals surface area contributed by atoms with Crippen LogP contribution in [0.15, 0.2) is 48.8 Å². The Morgan fingerprint density at radius 1 is 1.10 bits per heavy atom. The Morgan fingerprint density at radius 2 is 2.00 bits per heavy atom. The minimum atomic E-state index is 0.578. The zero-order chi connectivity index (χ0) is 14.7. The van der Waals surface area contributed by atoms with Gasteiger partial charge in [0, 0.05) is 18.2 Å². The molecule has 0 aliphatic rings. The third kappa shape index (κ3) is 3.01. The average Bonchev–Trinajstić information content (AvgIpc) is 2.48. The number of anilines is 2. The van der Waals surface area contributed by atoms with E-state index in [1.54, 1.807) is 13.4 Å². The van der Waals surface area contributed by atoms with Gasteiger partial charge >= 0.3 is 0 Å². The van der Waals surface area contributed by atoms with Gasteiger partial charge in [0.15, 0.2) is 0 Å². The molecule has 1 aromatic heterocycles. The molecule has 0 fully saturated rings. The van der Waals surface area contributed by atoms with Crippen LogP contribution in [0.5, 0.6) is 0 Å². The lowest BCUT2D eigenvalue weighted by atomic mass is 10.1. The maximum atomic E-state index is 5.19. The highest BCUT2D eigenvalue weighted by Gasteiger charge is 2.05. The van der Waals surface area contributed by atoms with E-state index in [1.807, 2.05) is 24.3 Å². The molecule has 3 rings (SSSR count). The summed E-state index contributed by atoms with van der Waals surface area (Å²) in [5.74, 6) is 0.809. The third-order valence-corrected chi connectivity index (χ3v) is 3.29. The first-order valence-corrected chi connectivity index (χ1v) is 6.82. The van der Waals surface area contributed by atoms with E-state index < -0.39 is 0 Å². The minimum absolute atomic E-state index is 0.578. The van der Waals surface area contributed by atoms with Crippen LogP contribution in [-0.4, -0.2) is 17.1 Å². The van der Waals surface area contributed by atoms with E-state index in [4.69, 9.17) is 4.74 Å². The number of nitrogens with one attached hydrogen (secondary N) is 1. The molecule has 0 spiro atoms. The molecule has 21 heavy (non-hydrogen) atoms. The Morgan fingerprint density at radius 3 is 2.81 bits per heavy atom. The van der Waals surface area contributed by atoms with Crippen LogP contribution < -0.4 is 5.32 Å². The zero-order valence-corrected chi connectivity index (χ0v) is 12.1. The fraction of sp³-hybridized carbons (Fsp3) is 0.176. The predicted octanol–water partition coefficient (Wildman–Crippen LogP) is 3.83. The molecule has 0 saturated heterocycles. The van der Waals surface area contributed by atoms with Crippen molar-refractivity contribution < 1.29 is 4.74 Å². The minimum Gasteiger partial charge on any atom is -0.380 e. The maximum absolute atomic E-state index is 5.19. The van der Waals surface area contributed by atoms with Crippen molar-refractivity contribution in [3.8, 4) is 0 Å². The first-order chi connectivity index (χ1) is 10.3. The molecule has 4 heteroatoms. The van der Waals surface area contributed by atoms with Gasteiger partial charge in [-0.15, -0.1) is 0 Å². The molecule has 0 aliphatic heterocycles. The molecular formula is C17H17N3O. The highest BCUT2D eigenvalue weighted by atomic mass is 16.5. The second kappa shape index (κ2) is 5.89. The summed E-state index contributed by atoms with van der Waals surface area (Å²) in [7, 11) is 1.69. The summed E-state index contributed by atoms with van der Waals surface area (Å²) >= 11 is 0. The van der Waals surface area contributed by atoms with E-state index in [0.717, 1.165) is 28.0 Å². The number of aromatic nitrogens is 2. The van der Waals surface area contributed by atoms with Gasteiger partial charge in [0.05, 0.1) is 12.1 Å². The summed E-state index contributed by atoms with van der Waals surface area (Å²) in [6, 6.07) is 14.3. The van der Waals surface area contributed by atoms with Crippen LogP contribution in [0.25, 0.3) is 10.9 Å². The Balaban J connectivity index is 2.02. The van der Waals surface area contributed by atoms with Crippen molar-refractivity contribution in [2.75, 3.05) is 12.4 Å². The van der Waals surface area contributed by atoms with Gasteiger partial charge < -0.3 is 10.1 Å². The van der Waals surface area contributed by atoms with Crippen molar-refractivity contribution in [3.05, 3.63) is 59.9 Å². The standard InChI is InChI=1S/C17H17N3O/c1-12-4-3-5-14(8-12)20-17-15-9-13(10-21-2)6-7-16(15)18-11-19-17/h3-9,11H,10H2,1-2H3,(H,18,19,20). The number of ether oxygens (including phenoxy) is 1. The van der Waals surface area contributed by atoms with Gasteiger partial charge in [0.25, 0.3) is 0 Å². The lowest BCUT2D eigenvalue weighted by Crippen LogP contribution is -1.97. The number of hydrogen-bond donors (Lipinski definition) is 1. The van der Waals surface area contributed by atoms with Gasteiger partial charge in [-0.05, 0) is 42.3 Å². The molecule has 0 amide bonds. The molecule has 2 aromatic carbocycles. The summed E-state index contributed by atoms with van der Waals surface area (Å²) < 4.78 is 5.19. The van der Waals surface area contributed by atoms with Crippen molar-refractivity contribution in [2.24, 2.45) is 0 Å². The van der Waals surface area contributed by atoms with Crippen LogP contribution in [-0.2, 0) is 11.3 Å². The molecule has 4 nitrogen and oxygen atoms in total. The summed E-state index contributed by atoms with van der Waals surface area (Å²) in [4.78, 5) is 8.68. The molecule has 0 aliphatic carbocycles. The smallest absolute Gasteiger partial charge is 0.141 e. The summed E-state index contributed by atoms with van der Waals surface area (Å²) in [6.07, 6.45) is 1.58. The topological polar surface area (TPSA) is 47.0 Å². The summed E-state index contributed by atoms with van der Waals surface area (Å²) in [5, 5.41) is 4.36. The normalized spacial score (nSPS) is 10.8. The largest absolute Gasteiger partial charge is 0.380 e. The maximum Gasteiger partial charge on any atom is 0.141 e. The Bertz CT molecular complexity index is 771. The lowest BCUT2D eigenvalue weighted by molar-refractivity contribution is 0.185. The lowest BCUT2D eigenvalue weighted by Gasteiger charge is -2.10. The Hall–Kier alpha value is -2.46. The van der Waals surface area contributed by atoms with E-state index >= 15 is 0 Å². The number of nitrogens with zero attached hydrogens (tertiary/aromatic N) is 2. The molecule has 0 radical (unpaired) electrons. The second-order valence-corrected chi connectivity index (χ2v) is 5.00. The van der Waals surface area contributed by atoms with E-state index in [0.29, 0.717) is 6.61 Å². The van der Waals surface area contributed by atoms with Crippen molar-refractivity contribution in [1.82, 2.24) is 9.97 Å². The van der Waals surface area contributed by atoms with Gasteiger partial charge in [-0.25, -0.2) is 9.97 Å². The molecule has 3 aromatic rings. The average molecular weight is 279 g/mol. The predicted molar refractivity (Wildman–Crippen MR) is 84.7 cm³/mol. The SMILES string of the molecule is COCc1ccc2ncnc(Nc3cccc(C)c3)c2c1. The Labute approximate surface area is 123 Å². The number of methoxy groups -OCH3 is 1. The molecular weight excluding hydrogens is 262 g/mol. The van der Waals surface area contributed by atoms with Crippen LogP contribution in [0.1, 0.15) is 11.1 Å². The highest BCUT2D eigenvalue weighted by molar-refractivity contribution is 5.91. The number of rotatable bonds is 4. The molecule has 1 heterocycles. The third-order valence-electron chi connectivity index (χ3n) is 3.29. The van der Waals surface area contributed by atoms with E-state index in [-0.39, 0.29) is 0 Å². The summed E-state index contributed by atoms with van der Waals surface area (Å²) in [6.45, 7) is 2.65. The van der Waals surface area contributed by atoms with Crippen LogP contribution >= 0.6 is 0 Å². The number of benzene rings is 2. The molecule has 1 N–H and O–H groups in total. The van der Waals surface area contributed by atoms with Crippen LogP contribution in [0.3, 0.4) is 0 Å². The quantitative estimate of drug-likeness (QED) is 0.788. The van der Waals surface area contributed by atoms with Crippen molar-refractivity contribution in [3.63, 3.8) is 0 Å². The number of hydrogen-bond acceptors (Lipinski definition) is 4. The highest BCUT2D eigenvalue weighted by Crippen LogP contribution is 2.24. The van der Waals surface area contributed by atoms with Crippen molar-refractivity contribution >= 4 is 22.4 Å². The van der Waals surface area contributed by atoms with E-state index in [9.17, 15) is 0 Å². The van der Waals surface area contributed by atoms with E-state index in [2.05, 4.69) is 40.4 Å². The number of fused-ring (bicyclic) bond motifs is 1. The first-order valence-electron chi connectivity index (χ1n) is 6.82. The summed E-state index contributed by atoms with van der Waals surface area (Å²) in [5.41, 5.74) is 4.25. The molecule has 0 unspecified atom stereocenters. The monoisotopic (exact) mass is 279 g/mol. The molecule has 106 valence electrons. The van der Waals surface area contributed by atoms with Gasteiger partial charge in [-0.1, -0.05) is 18.2 Å². The second-order valence-electron chi connectivity index (χ2n) is 5.00. The van der Waals surface area contributed by atoms with Crippen LogP contribution in [0.4, 0.5) is 11.5 Å². The molecule has 0 atom stereocenters. The zero-order valence-electron chi connectivity index (χ0n) is 12.1. The Kier molecular flexibility index (Phi) is 3.79. The van der Waals surface area contributed by atoms with Crippen LogP contribution in [0.2, 0.25) is 0 Å². The van der Waals surface area contributed by atoms with Crippen molar-refractivity contribution in [1.29, 1.82) is 0 Å². The first kappa shape index (κ1) is 13.5. The fourth-order valence-corrected chi connectivity index (χ4v) is 2.32. The fourth-order valence-electron chi connectivity index (χ4n) is 2.32. The van der Waals surface area contributed by atoms with Gasteiger partial charge in [-0.3, -0.25) is 0 Å². The van der Waals surface area contributed by atoms with E-state index in [1.165, 1.54) is 5.56 Å². The number of aryl methyl sites for hydroxylation is 1. The van der Waals surface area contributed by atoms with Gasteiger partial charge in [-0.2, -0.15) is 0 Å². The van der Waals surface area contributed by atoms with Gasteiger partial charge in [0.1, 0.15) is 12.1 Å². The van der Waals surface area contributed by atoms with Gasteiger partial charge in [0.2, 0.25) is 0 Å². The molecule has 0 bridgehead atoms. The van der Waals surface area contributed by atoms with Crippen molar-refractivity contribution in [2.45, 2.75) is 13.5 Å². The molecule has 0 saturated carbocycles. The van der Waals surface area contributed by atoms with Crippen LogP contribution in [0, 0.1) is 6.92 Å².